The van der Waals surface area contributed by atoms with E-state index in [-0.39, 0.29) is 18.6 Å². The third-order valence-corrected chi connectivity index (χ3v) is 5.05. The molecule has 1 aliphatic rings. The highest BCUT2D eigenvalue weighted by molar-refractivity contribution is 5.97. The van der Waals surface area contributed by atoms with Gasteiger partial charge in [0.25, 0.3) is 5.91 Å². The van der Waals surface area contributed by atoms with E-state index in [0.29, 0.717) is 17.2 Å². The summed E-state index contributed by atoms with van der Waals surface area (Å²) in [7, 11) is 0. The molecule has 0 unspecified atom stereocenters. The molecule has 2 aromatic carbocycles. The number of nitrogens with one attached hydrogen (secondary N) is 1. The van der Waals surface area contributed by atoms with Gasteiger partial charge in [0.1, 0.15) is 11.3 Å². The summed E-state index contributed by atoms with van der Waals surface area (Å²) in [4.78, 5) is 24.9. The molecule has 4 rings (SSSR count). The number of benzene rings is 2. The van der Waals surface area contributed by atoms with Crippen LogP contribution < -0.4 is 5.32 Å². The second kappa shape index (κ2) is 8.31. The van der Waals surface area contributed by atoms with Crippen molar-refractivity contribution in [2.45, 2.75) is 25.8 Å². The van der Waals surface area contributed by atoms with E-state index in [4.69, 9.17) is 4.74 Å². The zero-order valence-corrected chi connectivity index (χ0v) is 16.2. The minimum Gasteiger partial charge on any atom is -0.452 e. The number of hydrogen-bond donors (Lipinski definition) is 1. The maximum Gasteiger partial charge on any atom is 0.342 e. The predicted molar refractivity (Wildman–Crippen MR) is 110 cm³/mol. The smallest absolute Gasteiger partial charge is 0.342 e. The van der Waals surface area contributed by atoms with Gasteiger partial charge in [-0.3, -0.25) is 4.79 Å². The molecule has 1 heterocycles. The van der Waals surface area contributed by atoms with Gasteiger partial charge in [-0.1, -0.05) is 48.5 Å². The van der Waals surface area contributed by atoms with Gasteiger partial charge in [0.2, 0.25) is 0 Å². The number of amides is 1. The third kappa shape index (κ3) is 4.54. The fourth-order valence-electron chi connectivity index (χ4n) is 3.26. The number of esters is 1. The summed E-state index contributed by atoms with van der Waals surface area (Å²) in [6.07, 6.45) is 3.92. The second-order valence-corrected chi connectivity index (χ2v) is 7.31. The Labute approximate surface area is 169 Å². The zero-order valence-electron chi connectivity index (χ0n) is 16.2. The van der Waals surface area contributed by atoms with Gasteiger partial charge in [0, 0.05) is 17.8 Å². The van der Waals surface area contributed by atoms with Crippen molar-refractivity contribution >= 4 is 11.9 Å². The van der Waals surface area contributed by atoms with E-state index in [1.165, 1.54) is 0 Å². The molecule has 3 aromatic rings. The summed E-state index contributed by atoms with van der Waals surface area (Å²) in [5.41, 5.74) is 2.48. The number of ether oxygens (including phenoxy) is 1. The Kier molecular flexibility index (Phi) is 5.42. The highest BCUT2D eigenvalue weighted by Crippen LogP contribution is 2.32. The van der Waals surface area contributed by atoms with Gasteiger partial charge < -0.3 is 10.1 Å². The molecule has 6 heteroatoms. The van der Waals surface area contributed by atoms with Gasteiger partial charge >= 0.3 is 5.97 Å². The van der Waals surface area contributed by atoms with Crippen molar-refractivity contribution in [1.82, 2.24) is 15.1 Å². The van der Waals surface area contributed by atoms with Crippen molar-refractivity contribution in [2.24, 2.45) is 5.92 Å². The predicted octanol–water partition coefficient (Wildman–Crippen LogP) is 3.61. The molecule has 0 radical (unpaired) electrons. The van der Waals surface area contributed by atoms with Crippen LogP contribution in [0.5, 0.6) is 0 Å². The highest BCUT2D eigenvalue weighted by Gasteiger charge is 2.29. The van der Waals surface area contributed by atoms with Crippen molar-refractivity contribution in [1.29, 1.82) is 0 Å². The number of carbonyl (C=O) groups is 2. The maximum absolute atomic E-state index is 12.8. The Morgan fingerprint density at radius 1 is 1.10 bits per heavy atom. The molecular weight excluding hydrogens is 366 g/mol. The summed E-state index contributed by atoms with van der Waals surface area (Å²) in [5, 5.41) is 7.48. The van der Waals surface area contributed by atoms with Crippen LogP contribution in [0.4, 0.5) is 0 Å². The minimum absolute atomic E-state index is 0.113. The van der Waals surface area contributed by atoms with Crippen molar-refractivity contribution in [3.8, 4) is 16.9 Å². The lowest BCUT2D eigenvalue weighted by Crippen LogP contribution is -2.37. The third-order valence-electron chi connectivity index (χ3n) is 5.05. The van der Waals surface area contributed by atoms with E-state index < -0.39 is 5.97 Å². The van der Waals surface area contributed by atoms with Crippen molar-refractivity contribution < 1.29 is 14.3 Å². The first-order valence-corrected chi connectivity index (χ1v) is 9.79. The molecule has 1 atom stereocenters. The Bertz CT molecular complexity index is 995. The number of hydrogen-bond acceptors (Lipinski definition) is 4. The van der Waals surface area contributed by atoms with E-state index in [1.54, 1.807) is 10.9 Å². The number of para-hydroxylation sites is 1. The Morgan fingerprint density at radius 3 is 2.41 bits per heavy atom. The summed E-state index contributed by atoms with van der Waals surface area (Å²) < 4.78 is 6.94. The molecule has 1 N–H and O–H groups in total. The molecule has 1 fully saturated rings. The van der Waals surface area contributed by atoms with Gasteiger partial charge in [-0.2, -0.15) is 5.10 Å². The highest BCUT2D eigenvalue weighted by atomic mass is 16.5. The van der Waals surface area contributed by atoms with E-state index in [0.717, 1.165) is 24.1 Å². The fraction of sp³-hybridized carbons (Fsp3) is 0.261. The molecule has 1 amide bonds. The van der Waals surface area contributed by atoms with Crippen LogP contribution in [0.1, 0.15) is 30.1 Å². The van der Waals surface area contributed by atoms with Gasteiger partial charge in [-0.15, -0.1) is 0 Å². The van der Waals surface area contributed by atoms with Gasteiger partial charge in [-0.05, 0) is 37.8 Å². The zero-order chi connectivity index (χ0) is 20.2. The van der Waals surface area contributed by atoms with Crippen LogP contribution in [0.15, 0.2) is 66.9 Å². The molecule has 0 spiro atoms. The Morgan fingerprint density at radius 2 is 1.76 bits per heavy atom. The van der Waals surface area contributed by atoms with E-state index in [2.05, 4.69) is 10.4 Å². The van der Waals surface area contributed by atoms with Gasteiger partial charge in [-0.25, -0.2) is 9.48 Å². The topological polar surface area (TPSA) is 73.2 Å². The summed E-state index contributed by atoms with van der Waals surface area (Å²) in [6, 6.07) is 19.1. The molecule has 1 aromatic heterocycles. The number of aromatic nitrogens is 2. The van der Waals surface area contributed by atoms with Crippen LogP contribution in [-0.2, 0) is 9.53 Å². The average molecular weight is 389 g/mol. The second-order valence-electron chi connectivity index (χ2n) is 7.31. The Hall–Kier alpha value is -3.41. The molecule has 1 saturated carbocycles. The normalized spacial score (nSPS) is 14.2. The lowest BCUT2D eigenvalue weighted by molar-refractivity contribution is -0.124. The van der Waals surface area contributed by atoms with Gasteiger partial charge in [0.05, 0.1) is 5.69 Å². The molecular formula is C23H23N3O3. The van der Waals surface area contributed by atoms with Crippen LogP contribution >= 0.6 is 0 Å². The SMILES string of the molecule is C[C@@H](NC(=O)COC(=O)c1cn(-c2ccccc2)nc1-c1ccccc1)C1CC1. The lowest BCUT2D eigenvalue weighted by Gasteiger charge is -2.12. The van der Waals surface area contributed by atoms with Crippen molar-refractivity contribution in [2.75, 3.05) is 6.61 Å². The van der Waals surface area contributed by atoms with Crippen LogP contribution in [0.2, 0.25) is 0 Å². The van der Waals surface area contributed by atoms with E-state index in [9.17, 15) is 9.59 Å². The first-order valence-electron chi connectivity index (χ1n) is 9.79. The maximum atomic E-state index is 12.8. The van der Waals surface area contributed by atoms with E-state index >= 15 is 0 Å². The number of nitrogens with zero attached hydrogens (tertiary/aromatic N) is 2. The number of carbonyl (C=O) groups excluding carboxylic acids is 2. The molecule has 29 heavy (non-hydrogen) atoms. The molecule has 0 bridgehead atoms. The van der Waals surface area contributed by atoms with Crippen LogP contribution in [0.3, 0.4) is 0 Å². The first-order chi connectivity index (χ1) is 14.1. The molecule has 0 saturated heterocycles. The van der Waals surface area contributed by atoms with Crippen molar-refractivity contribution in [3.05, 3.63) is 72.4 Å². The molecule has 148 valence electrons. The minimum atomic E-state index is -0.569. The summed E-state index contributed by atoms with van der Waals surface area (Å²) in [6.45, 7) is 1.68. The monoisotopic (exact) mass is 389 g/mol. The fourth-order valence-corrected chi connectivity index (χ4v) is 3.26. The first kappa shape index (κ1) is 18.9. The average Bonchev–Trinajstić information content (AvgIpc) is 3.51. The van der Waals surface area contributed by atoms with Gasteiger partial charge in [0.15, 0.2) is 6.61 Å². The number of rotatable bonds is 7. The standard InChI is InChI=1S/C23H23N3O3/c1-16(17-12-13-17)24-21(27)15-29-23(28)20-14-26(19-10-6-3-7-11-19)25-22(20)18-8-4-2-5-9-18/h2-11,14,16-17H,12-13,15H2,1H3,(H,24,27)/t16-/m1/s1. The van der Waals surface area contributed by atoms with Crippen molar-refractivity contribution in [3.63, 3.8) is 0 Å². The van der Waals surface area contributed by atoms with Crippen LogP contribution in [0, 0.1) is 5.92 Å². The van der Waals surface area contributed by atoms with E-state index in [1.807, 2.05) is 67.6 Å². The summed E-state index contributed by atoms with van der Waals surface area (Å²) >= 11 is 0. The molecule has 0 aliphatic heterocycles. The van der Waals surface area contributed by atoms with Crippen LogP contribution in [-0.4, -0.2) is 34.3 Å². The molecule has 6 nitrogen and oxygen atoms in total. The Balaban J connectivity index is 1.53. The van der Waals surface area contributed by atoms with Crippen LogP contribution in [0.25, 0.3) is 16.9 Å². The lowest BCUT2D eigenvalue weighted by atomic mass is 10.1. The quantitative estimate of drug-likeness (QED) is 0.627. The molecule has 1 aliphatic carbocycles. The summed E-state index contributed by atoms with van der Waals surface area (Å²) in [5.74, 6) is -0.307. The largest absolute Gasteiger partial charge is 0.452 e.